The zero-order valence-electron chi connectivity index (χ0n) is 9.23. The lowest BCUT2D eigenvalue weighted by molar-refractivity contribution is -0.123. The van der Waals surface area contributed by atoms with E-state index in [0.29, 0.717) is 19.6 Å². The fourth-order valence-electron chi connectivity index (χ4n) is 2.04. The van der Waals surface area contributed by atoms with Crippen molar-refractivity contribution >= 4 is 5.91 Å². The van der Waals surface area contributed by atoms with Crippen LogP contribution in [0.1, 0.15) is 12.0 Å². The van der Waals surface area contributed by atoms with Crippen molar-refractivity contribution in [2.75, 3.05) is 20.3 Å². The molecule has 0 aromatic heterocycles. The Bertz CT molecular complexity index is 380. The van der Waals surface area contributed by atoms with Gasteiger partial charge in [-0.05, 0) is 24.1 Å². The van der Waals surface area contributed by atoms with Gasteiger partial charge in [-0.15, -0.1) is 0 Å². The van der Waals surface area contributed by atoms with E-state index in [-0.39, 0.29) is 5.91 Å². The Balaban J connectivity index is 2.36. The molecule has 2 N–H and O–H groups in total. The molecule has 4 nitrogen and oxygen atoms in total. The van der Waals surface area contributed by atoms with Crippen LogP contribution in [0.4, 0.5) is 0 Å². The number of primary amides is 1. The molecule has 2 rings (SSSR count). The van der Waals surface area contributed by atoms with Crippen molar-refractivity contribution in [3.05, 3.63) is 29.8 Å². The molecule has 16 heavy (non-hydrogen) atoms. The van der Waals surface area contributed by atoms with E-state index in [4.69, 9.17) is 15.2 Å². The minimum atomic E-state index is -0.660. The summed E-state index contributed by atoms with van der Waals surface area (Å²) in [6.07, 6.45) is 0.647. The van der Waals surface area contributed by atoms with Crippen molar-refractivity contribution in [2.45, 2.75) is 11.8 Å². The van der Waals surface area contributed by atoms with Crippen molar-refractivity contribution in [1.29, 1.82) is 0 Å². The van der Waals surface area contributed by atoms with Crippen LogP contribution in [0.5, 0.6) is 5.75 Å². The second-order valence-electron chi connectivity index (χ2n) is 3.98. The van der Waals surface area contributed by atoms with E-state index >= 15 is 0 Å². The second kappa shape index (κ2) is 4.14. The highest BCUT2D eigenvalue weighted by Gasteiger charge is 2.42. The normalized spacial score (nSPS) is 24.3. The fourth-order valence-corrected chi connectivity index (χ4v) is 2.04. The predicted octanol–water partition coefficient (Wildman–Crippen LogP) is 0.839. The molecule has 1 aromatic rings. The summed E-state index contributed by atoms with van der Waals surface area (Å²) in [5.41, 5.74) is 5.73. The number of hydrogen-bond acceptors (Lipinski definition) is 3. The number of carbonyl (C=O) groups excluding carboxylic acids is 1. The van der Waals surface area contributed by atoms with Gasteiger partial charge < -0.3 is 15.2 Å². The average Bonchev–Trinajstić information content (AvgIpc) is 2.79. The summed E-state index contributed by atoms with van der Waals surface area (Å²) in [5.74, 6) is 0.442. The molecule has 1 atom stereocenters. The molecule has 0 saturated carbocycles. The van der Waals surface area contributed by atoms with Crippen molar-refractivity contribution in [3.63, 3.8) is 0 Å². The lowest BCUT2D eigenvalue weighted by atomic mass is 9.79. The van der Waals surface area contributed by atoms with E-state index in [9.17, 15) is 4.79 Å². The van der Waals surface area contributed by atoms with Crippen LogP contribution in [-0.2, 0) is 14.9 Å². The Morgan fingerprint density at radius 2 is 2.12 bits per heavy atom. The van der Waals surface area contributed by atoms with Crippen LogP contribution < -0.4 is 10.5 Å². The number of amides is 1. The highest BCUT2D eigenvalue weighted by Crippen LogP contribution is 2.33. The largest absolute Gasteiger partial charge is 0.497 e. The third-order valence-electron chi connectivity index (χ3n) is 3.14. The maximum Gasteiger partial charge on any atom is 0.230 e. The Hall–Kier alpha value is -1.55. The van der Waals surface area contributed by atoms with Crippen LogP contribution >= 0.6 is 0 Å². The smallest absolute Gasteiger partial charge is 0.230 e. The van der Waals surface area contributed by atoms with E-state index < -0.39 is 5.41 Å². The van der Waals surface area contributed by atoms with Crippen LogP contribution in [-0.4, -0.2) is 26.2 Å². The van der Waals surface area contributed by atoms with Gasteiger partial charge in [0.2, 0.25) is 5.91 Å². The Kier molecular flexibility index (Phi) is 2.83. The molecule has 1 heterocycles. The van der Waals surface area contributed by atoms with E-state index in [1.54, 1.807) is 7.11 Å². The van der Waals surface area contributed by atoms with Crippen molar-refractivity contribution in [3.8, 4) is 5.75 Å². The molecule has 0 radical (unpaired) electrons. The molecular formula is C12H15NO3. The highest BCUT2D eigenvalue weighted by atomic mass is 16.5. The second-order valence-corrected chi connectivity index (χ2v) is 3.98. The molecule has 1 aliphatic heterocycles. The quantitative estimate of drug-likeness (QED) is 0.822. The Morgan fingerprint density at radius 3 is 2.56 bits per heavy atom. The third-order valence-corrected chi connectivity index (χ3v) is 3.14. The van der Waals surface area contributed by atoms with Crippen LogP contribution in [0.3, 0.4) is 0 Å². The van der Waals surface area contributed by atoms with E-state index in [2.05, 4.69) is 0 Å². The molecular weight excluding hydrogens is 206 g/mol. The molecule has 1 fully saturated rings. The van der Waals surface area contributed by atoms with Gasteiger partial charge in [-0.2, -0.15) is 0 Å². The van der Waals surface area contributed by atoms with Gasteiger partial charge in [0.25, 0.3) is 0 Å². The van der Waals surface area contributed by atoms with Gasteiger partial charge in [0.05, 0.1) is 19.1 Å². The molecule has 0 spiro atoms. The molecule has 0 bridgehead atoms. The molecule has 1 aliphatic rings. The monoisotopic (exact) mass is 221 g/mol. The number of benzene rings is 1. The molecule has 1 unspecified atom stereocenters. The summed E-state index contributed by atoms with van der Waals surface area (Å²) in [6.45, 7) is 0.948. The third kappa shape index (κ3) is 1.65. The van der Waals surface area contributed by atoms with Crippen LogP contribution in [0, 0.1) is 0 Å². The van der Waals surface area contributed by atoms with Crippen molar-refractivity contribution in [1.82, 2.24) is 0 Å². The highest BCUT2D eigenvalue weighted by molar-refractivity contribution is 5.87. The first kappa shape index (κ1) is 11.0. The zero-order valence-corrected chi connectivity index (χ0v) is 9.23. The van der Waals surface area contributed by atoms with Gasteiger partial charge >= 0.3 is 0 Å². The minimum absolute atomic E-state index is 0.324. The molecule has 1 aromatic carbocycles. The fraction of sp³-hybridized carbons (Fsp3) is 0.417. The van der Waals surface area contributed by atoms with Crippen LogP contribution in [0.2, 0.25) is 0 Å². The zero-order chi connectivity index (χ0) is 11.6. The Labute approximate surface area is 94.3 Å². The SMILES string of the molecule is COc1ccc(C2(C(N)=O)CCOC2)cc1. The molecule has 0 aliphatic carbocycles. The first-order valence-corrected chi connectivity index (χ1v) is 5.21. The van der Waals surface area contributed by atoms with Gasteiger partial charge in [0, 0.05) is 6.61 Å². The van der Waals surface area contributed by atoms with E-state index in [1.165, 1.54) is 0 Å². The number of hydrogen-bond donors (Lipinski definition) is 1. The van der Waals surface area contributed by atoms with Crippen LogP contribution in [0.15, 0.2) is 24.3 Å². The number of methoxy groups -OCH3 is 1. The maximum atomic E-state index is 11.6. The van der Waals surface area contributed by atoms with Gasteiger partial charge in [-0.25, -0.2) is 0 Å². The number of carbonyl (C=O) groups is 1. The summed E-state index contributed by atoms with van der Waals surface area (Å²) in [5, 5.41) is 0. The van der Waals surface area contributed by atoms with E-state index in [0.717, 1.165) is 11.3 Å². The average molecular weight is 221 g/mol. The van der Waals surface area contributed by atoms with Crippen LogP contribution in [0.25, 0.3) is 0 Å². The maximum absolute atomic E-state index is 11.6. The molecule has 1 amide bonds. The predicted molar refractivity (Wildman–Crippen MR) is 59.3 cm³/mol. The first-order chi connectivity index (χ1) is 7.69. The lowest BCUT2D eigenvalue weighted by Crippen LogP contribution is -2.41. The van der Waals surface area contributed by atoms with E-state index in [1.807, 2.05) is 24.3 Å². The Morgan fingerprint density at radius 1 is 1.44 bits per heavy atom. The van der Waals surface area contributed by atoms with Crippen molar-refractivity contribution < 1.29 is 14.3 Å². The number of ether oxygens (including phenoxy) is 2. The number of nitrogens with two attached hydrogens (primary N) is 1. The number of rotatable bonds is 3. The topological polar surface area (TPSA) is 61.5 Å². The summed E-state index contributed by atoms with van der Waals surface area (Å²) in [6, 6.07) is 7.41. The van der Waals surface area contributed by atoms with Gasteiger partial charge in [0.1, 0.15) is 5.75 Å². The summed E-state index contributed by atoms with van der Waals surface area (Å²) in [7, 11) is 1.61. The standard InChI is InChI=1S/C12H15NO3/c1-15-10-4-2-9(3-5-10)12(11(13)14)6-7-16-8-12/h2-5H,6-8H2,1H3,(H2,13,14). The van der Waals surface area contributed by atoms with Gasteiger partial charge in [-0.3, -0.25) is 4.79 Å². The molecule has 4 heteroatoms. The first-order valence-electron chi connectivity index (χ1n) is 5.21. The van der Waals surface area contributed by atoms with Gasteiger partial charge in [-0.1, -0.05) is 12.1 Å². The summed E-state index contributed by atoms with van der Waals surface area (Å²) < 4.78 is 10.4. The minimum Gasteiger partial charge on any atom is -0.497 e. The van der Waals surface area contributed by atoms with Crippen molar-refractivity contribution in [2.24, 2.45) is 5.73 Å². The summed E-state index contributed by atoms with van der Waals surface area (Å²) in [4.78, 5) is 11.6. The molecule has 86 valence electrons. The van der Waals surface area contributed by atoms with Gasteiger partial charge in [0.15, 0.2) is 0 Å². The lowest BCUT2D eigenvalue weighted by Gasteiger charge is -2.23. The molecule has 1 saturated heterocycles. The summed E-state index contributed by atoms with van der Waals surface area (Å²) >= 11 is 0.